The lowest BCUT2D eigenvalue weighted by molar-refractivity contribution is -0.136. The number of rotatable bonds is 11. The van der Waals surface area contributed by atoms with Crippen LogP contribution in [0.15, 0.2) is 42.5 Å². The molecule has 1 aromatic heterocycles. The molecule has 0 aliphatic carbocycles. The minimum Gasteiger partial charge on any atom is -0.507 e. The van der Waals surface area contributed by atoms with Gasteiger partial charge in [-0.15, -0.1) is 0 Å². The molecule has 3 N–H and O–H groups in total. The van der Waals surface area contributed by atoms with Gasteiger partial charge in [0.15, 0.2) is 5.82 Å². The van der Waals surface area contributed by atoms with Crippen LogP contribution in [0.2, 0.25) is 5.02 Å². The maximum Gasteiger partial charge on any atom is 0.262 e. The number of nitrogens with one attached hydrogen (secondary N) is 2. The zero-order valence-electron chi connectivity index (χ0n) is 31.3. The van der Waals surface area contributed by atoms with Gasteiger partial charge in [0.05, 0.1) is 28.3 Å². The number of piperidine rings is 1. The Balaban J connectivity index is 1.01. The number of anilines is 2. The van der Waals surface area contributed by atoms with Gasteiger partial charge in [0.25, 0.3) is 11.8 Å². The molecular formula is C39H37ClF2N8O8. The number of imide groups is 2. The van der Waals surface area contributed by atoms with Crippen molar-refractivity contribution < 1.29 is 47.4 Å². The number of likely N-dealkylation sites (N-methyl/N-ethyl adjacent to an activating group) is 1. The van der Waals surface area contributed by atoms with Gasteiger partial charge in [-0.1, -0.05) is 17.7 Å². The van der Waals surface area contributed by atoms with Gasteiger partial charge in [-0.3, -0.25) is 39.0 Å². The Labute approximate surface area is 334 Å². The first kappa shape index (κ1) is 39.8. The monoisotopic (exact) mass is 818 g/mol. The highest BCUT2D eigenvalue weighted by Crippen LogP contribution is 2.42. The first-order chi connectivity index (χ1) is 27.7. The van der Waals surface area contributed by atoms with Gasteiger partial charge < -0.3 is 29.9 Å². The molecule has 0 bridgehead atoms. The molecule has 4 aromatic rings. The van der Waals surface area contributed by atoms with Crippen molar-refractivity contribution >= 4 is 69.7 Å². The number of carbonyl (C=O) groups excluding carboxylic acids is 6. The maximum atomic E-state index is 16.4. The molecule has 302 valence electrons. The van der Waals surface area contributed by atoms with Gasteiger partial charge in [-0.25, -0.2) is 13.8 Å². The molecule has 19 heteroatoms. The molecule has 3 aliphatic rings. The molecule has 0 unspecified atom stereocenters. The summed E-state index contributed by atoms with van der Waals surface area (Å²) in [6, 6.07) is 8.20. The molecule has 7 rings (SSSR count). The molecule has 0 saturated carbocycles. The highest BCUT2D eigenvalue weighted by Gasteiger charge is 2.44. The highest BCUT2D eigenvalue weighted by molar-refractivity contribution is 6.34. The summed E-state index contributed by atoms with van der Waals surface area (Å²) in [4.78, 5) is 89.9. The van der Waals surface area contributed by atoms with Crippen molar-refractivity contribution in [2.24, 2.45) is 0 Å². The van der Waals surface area contributed by atoms with Crippen LogP contribution < -0.4 is 20.3 Å². The smallest absolute Gasteiger partial charge is 0.262 e. The minimum absolute atomic E-state index is 0.00210. The van der Waals surface area contributed by atoms with Crippen LogP contribution in [0, 0.1) is 11.6 Å². The van der Waals surface area contributed by atoms with Crippen LogP contribution in [-0.4, -0.2) is 124 Å². The van der Waals surface area contributed by atoms with Crippen LogP contribution in [0.25, 0.3) is 22.0 Å². The number of aromatic nitrogens is 2. The van der Waals surface area contributed by atoms with E-state index in [1.54, 1.807) is 11.9 Å². The summed E-state index contributed by atoms with van der Waals surface area (Å²) in [6.07, 6.45) is 0.0000520. The van der Waals surface area contributed by atoms with Crippen LogP contribution in [-0.2, 0) is 19.2 Å². The SMILES string of the molecule is CC(=O)N1CCN(c2nc(NCCC(=O)N(C)CCOc3ccc4c(c3)C(=O)N([C@H]3CCC(=O)NC3=O)C4=O)nc3c(F)c(-c4c(O)cccc4F)c(Cl)cc23)CC1. The Morgan fingerprint density at radius 3 is 2.47 bits per heavy atom. The molecule has 58 heavy (non-hydrogen) atoms. The average molecular weight is 819 g/mol. The molecule has 0 spiro atoms. The number of phenolic OH excluding ortho intramolecular Hbond substituents is 1. The molecule has 3 aliphatic heterocycles. The lowest BCUT2D eigenvalue weighted by Gasteiger charge is -2.35. The Kier molecular flexibility index (Phi) is 11.1. The van der Waals surface area contributed by atoms with Crippen LogP contribution in [0.3, 0.4) is 0 Å². The second-order valence-electron chi connectivity index (χ2n) is 13.9. The zero-order valence-corrected chi connectivity index (χ0v) is 32.1. The fraction of sp³-hybridized carbons (Fsp3) is 0.333. The second-order valence-corrected chi connectivity index (χ2v) is 14.3. The fourth-order valence-corrected chi connectivity index (χ4v) is 7.45. The van der Waals surface area contributed by atoms with E-state index in [4.69, 9.17) is 16.3 Å². The van der Waals surface area contributed by atoms with E-state index in [-0.39, 0.29) is 95.1 Å². The number of benzene rings is 3. The fourth-order valence-electron chi connectivity index (χ4n) is 7.16. The van der Waals surface area contributed by atoms with E-state index in [0.717, 1.165) is 11.0 Å². The molecule has 16 nitrogen and oxygen atoms in total. The van der Waals surface area contributed by atoms with Crippen molar-refractivity contribution in [2.45, 2.75) is 32.2 Å². The predicted octanol–water partition coefficient (Wildman–Crippen LogP) is 3.34. The number of amides is 6. The summed E-state index contributed by atoms with van der Waals surface area (Å²) in [6.45, 7) is 3.19. The van der Waals surface area contributed by atoms with Gasteiger partial charge in [-0.05, 0) is 42.8 Å². The summed E-state index contributed by atoms with van der Waals surface area (Å²) in [5, 5.41) is 15.6. The van der Waals surface area contributed by atoms with Crippen molar-refractivity contribution in [3.8, 4) is 22.6 Å². The van der Waals surface area contributed by atoms with Crippen LogP contribution in [0.4, 0.5) is 20.5 Å². The molecule has 6 amide bonds. The number of hydrogen-bond donors (Lipinski definition) is 3. The Bertz CT molecular complexity index is 2370. The van der Waals surface area contributed by atoms with Crippen molar-refractivity contribution in [2.75, 3.05) is 63.1 Å². The lowest BCUT2D eigenvalue weighted by Crippen LogP contribution is -2.54. The standard InChI is InChI=1S/C39H37ClF2N8O8/c1-20(51)48-12-14-49(15-13-48)35-24-19-25(40)31(32-26(41)4-3-5-28(32)52)33(42)34(24)45-39(46-35)43-11-10-30(54)47(2)16-17-58-21-6-7-22-23(18-21)38(57)50(37(22)56)27-8-9-29(53)44-36(27)55/h3-7,18-19,27,52H,8-17H2,1-2H3,(H,43,45,46)(H,44,53,55)/t27-/m0/s1. The third kappa shape index (κ3) is 7.66. The highest BCUT2D eigenvalue weighted by atomic mass is 35.5. The second kappa shape index (κ2) is 16.2. The molecule has 2 saturated heterocycles. The van der Waals surface area contributed by atoms with Gasteiger partial charge in [-0.2, -0.15) is 4.98 Å². The zero-order chi connectivity index (χ0) is 41.4. The maximum absolute atomic E-state index is 16.4. The molecule has 2 fully saturated rings. The number of halogens is 3. The molecule has 3 aromatic carbocycles. The van der Waals surface area contributed by atoms with E-state index >= 15 is 4.39 Å². The number of piperazine rings is 1. The largest absolute Gasteiger partial charge is 0.507 e. The van der Waals surface area contributed by atoms with Gasteiger partial charge >= 0.3 is 0 Å². The number of aromatic hydroxyl groups is 1. The van der Waals surface area contributed by atoms with E-state index < -0.39 is 52.6 Å². The predicted molar refractivity (Wildman–Crippen MR) is 205 cm³/mol. The summed E-state index contributed by atoms with van der Waals surface area (Å²) >= 11 is 6.54. The number of nitrogens with zero attached hydrogens (tertiary/aromatic N) is 6. The molecule has 1 atom stereocenters. The summed E-state index contributed by atoms with van der Waals surface area (Å²) in [7, 11) is 1.57. The van der Waals surface area contributed by atoms with Crippen LogP contribution >= 0.6 is 11.6 Å². The minimum atomic E-state index is -1.10. The number of phenols is 1. The van der Waals surface area contributed by atoms with E-state index in [0.29, 0.717) is 32.0 Å². The Morgan fingerprint density at radius 2 is 1.76 bits per heavy atom. The van der Waals surface area contributed by atoms with Gasteiger partial charge in [0.2, 0.25) is 29.6 Å². The Morgan fingerprint density at radius 1 is 1.02 bits per heavy atom. The molecule has 0 radical (unpaired) electrons. The third-order valence-corrected chi connectivity index (χ3v) is 10.6. The van der Waals surface area contributed by atoms with Gasteiger partial charge in [0, 0.05) is 70.5 Å². The van der Waals surface area contributed by atoms with Crippen molar-refractivity contribution in [1.82, 2.24) is 30.0 Å². The number of carbonyl (C=O) groups is 6. The molecule has 4 heterocycles. The number of fused-ring (bicyclic) bond motifs is 2. The first-order valence-electron chi connectivity index (χ1n) is 18.4. The summed E-state index contributed by atoms with van der Waals surface area (Å²) in [5.41, 5.74) is -0.841. The van der Waals surface area contributed by atoms with E-state index in [1.807, 2.05) is 4.90 Å². The summed E-state index contributed by atoms with van der Waals surface area (Å²) in [5.74, 6) is -4.71. The van der Waals surface area contributed by atoms with Crippen molar-refractivity contribution in [3.05, 3.63) is 70.2 Å². The first-order valence-corrected chi connectivity index (χ1v) is 18.8. The average Bonchev–Trinajstić information content (AvgIpc) is 3.43. The topological polar surface area (TPSA) is 195 Å². The number of ether oxygens (including phenoxy) is 1. The molecular weight excluding hydrogens is 782 g/mol. The Hall–Kier alpha value is -6.43. The van der Waals surface area contributed by atoms with Crippen LogP contribution in [0.5, 0.6) is 11.5 Å². The van der Waals surface area contributed by atoms with E-state index in [2.05, 4.69) is 20.6 Å². The summed E-state index contributed by atoms with van der Waals surface area (Å²) < 4.78 is 37.1. The normalized spacial score (nSPS) is 16.8. The van der Waals surface area contributed by atoms with E-state index in [1.165, 1.54) is 48.2 Å². The van der Waals surface area contributed by atoms with Crippen LogP contribution in [0.1, 0.15) is 46.9 Å². The van der Waals surface area contributed by atoms with Gasteiger partial charge in [0.1, 0.15) is 41.3 Å². The van der Waals surface area contributed by atoms with Crippen molar-refractivity contribution in [1.29, 1.82) is 0 Å². The number of hydrogen-bond acceptors (Lipinski definition) is 12. The third-order valence-electron chi connectivity index (χ3n) is 10.3. The van der Waals surface area contributed by atoms with Crippen molar-refractivity contribution in [3.63, 3.8) is 0 Å². The lowest BCUT2D eigenvalue weighted by atomic mass is 10.0. The quantitative estimate of drug-likeness (QED) is 0.187. The van der Waals surface area contributed by atoms with E-state index in [9.17, 15) is 38.3 Å².